The van der Waals surface area contributed by atoms with Crippen molar-refractivity contribution in [2.24, 2.45) is 0 Å². The van der Waals surface area contributed by atoms with E-state index in [1.807, 2.05) is 6.92 Å². The van der Waals surface area contributed by atoms with Gasteiger partial charge in [0.25, 0.3) is 0 Å². The summed E-state index contributed by atoms with van der Waals surface area (Å²) < 4.78 is 40.0. The third-order valence-corrected chi connectivity index (χ3v) is 1.65. The summed E-state index contributed by atoms with van der Waals surface area (Å²) in [6.45, 7) is 3.28. The minimum atomic E-state index is -4.68. The summed E-state index contributed by atoms with van der Waals surface area (Å²) in [6.07, 6.45) is -2.19. The summed E-state index contributed by atoms with van der Waals surface area (Å²) in [4.78, 5) is 10.6. The number of urea groups is 1. The van der Waals surface area contributed by atoms with Gasteiger partial charge in [0.2, 0.25) is 0 Å². The van der Waals surface area contributed by atoms with E-state index in [4.69, 9.17) is 4.74 Å². The van der Waals surface area contributed by atoms with Crippen molar-refractivity contribution in [2.45, 2.75) is 32.5 Å². The number of carbonyl (C=O) groups is 1. The van der Waals surface area contributed by atoms with Crippen LogP contribution in [0.1, 0.15) is 26.2 Å². The number of rotatable bonds is 7. The molecule has 0 aromatic carbocycles. The van der Waals surface area contributed by atoms with Gasteiger partial charge in [-0.05, 0) is 12.8 Å². The highest BCUT2D eigenvalue weighted by molar-refractivity contribution is 5.74. The van der Waals surface area contributed by atoms with Gasteiger partial charge in [-0.1, -0.05) is 13.3 Å². The van der Waals surface area contributed by atoms with Crippen LogP contribution in [-0.4, -0.2) is 32.1 Å². The molecule has 0 aromatic heterocycles. The molecule has 2 amide bonds. The Bertz CT molecular complexity index is 198. The van der Waals surface area contributed by atoms with Gasteiger partial charge in [0.15, 0.2) is 0 Å². The maximum atomic E-state index is 11.6. The lowest BCUT2D eigenvalue weighted by Crippen LogP contribution is -2.44. The van der Waals surface area contributed by atoms with Crippen LogP contribution in [0.25, 0.3) is 0 Å². The largest absolute Gasteiger partial charge is 0.485 e. The Labute approximate surface area is 92.5 Å². The zero-order chi connectivity index (χ0) is 12.4. The molecule has 0 radical (unpaired) electrons. The molecule has 4 nitrogen and oxygen atoms in total. The van der Waals surface area contributed by atoms with Crippen LogP contribution in [0.5, 0.6) is 0 Å². The molecule has 0 saturated carbocycles. The second-order valence-electron chi connectivity index (χ2n) is 3.20. The number of unbranched alkanes of at least 4 members (excludes halogenated alkanes) is 1. The van der Waals surface area contributed by atoms with E-state index in [2.05, 4.69) is 5.32 Å². The highest BCUT2D eigenvalue weighted by atomic mass is 19.4. The van der Waals surface area contributed by atoms with Gasteiger partial charge in [0.1, 0.15) is 0 Å². The van der Waals surface area contributed by atoms with Gasteiger partial charge in [-0.15, -0.1) is 0 Å². The van der Waals surface area contributed by atoms with Gasteiger partial charge < -0.3 is 10.1 Å². The summed E-state index contributed by atoms with van der Waals surface area (Å²) in [5.74, 6) is 0. The molecule has 0 fully saturated rings. The molecule has 0 heterocycles. The lowest BCUT2D eigenvalue weighted by atomic mass is 10.4. The van der Waals surface area contributed by atoms with E-state index in [-0.39, 0.29) is 6.54 Å². The van der Waals surface area contributed by atoms with Crippen LogP contribution in [0.2, 0.25) is 0 Å². The van der Waals surface area contributed by atoms with Crippen molar-refractivity contribution in [3.8, 4) is 0 Å². The Morgan fingerprint density at radius 1 is 1.25 bits per heavy atom. The number of alkyl halides is 3. The van der Waals surface area contributed by atoms with E-state index in [1.165, 1.54) is 0 Å². The quantitative estimate of drug-likeness (QED) is 0.530. The van der Waals surface area contributed by atoms with E-state index in [1.54, 1.807) is 0 Å². The van der Waals surface area contributed by atoms with Crippen molar-refractivity contribution in [1.29, 1.82) is 0 Å². The van der Waals surface area contributed by atoms with E-state index >= 15 is 0 Å². The van der Waals surface area contributed by atoms with Crippen LogP contribution < -0.4 is 10.6 Å². The first-order valence-electron chi connectivity index (χ1n) is 5.16. The molecule has 16 heavy (non-hydrogen) atoms. The summed E-state index contributed by atoms with van der Waals surface area (Å²) in [7, 11) is 0. The average Bonchev–Trinajstić information content (AvgIpc) is 2.13. The molecule has 0 aromatic rings. The van der Waals surface area contributed by atoms with Crippen LogP contribution in [0.4, 0.5) is 18.0 Å². The number of halogens is 3. The lowest BCUT2D eigenvalue weighted by Gasteiger charge is -2.09. The number of nitrogens with one attached hydrogen (secondary N) is 2. The van der Waals surface area contributed by atoms with Crippen LogP contribution in [0.3, 0.4) is 0 Å². The molecule has 0 atom stereocenters. The molecule has 7 heteroatoms. The van der Waals surface area contributed by atoms with Crippen molar-refractivity contribution in [3.05, 3.63) is 0 Å². The Kier molecular flexibility index (Phi) is 7.70. The van der Waals surface area contributed by atoms with Crippen LogP contribution in [0, 0.1) is 0 Å². The number of carbonyl (C=O) groups excluding carboxylic acids is 1. The van der Waals surface area contributed by atoms with Gasteiger partial charge >= 0.3 is 12.3 Å². The Hall–Kier alpha value is -0.980. The van der Waals surface area contributed by atoms with Crippen molar-refractivity contribution in [1.82, 2.24) is 10.6 Å². The Morgan fingerprint density at radius 3 is 2.44 bits per heavy atom. The third-order valence-electron chi connectivity index (χ3n) is 1.65. The van der Waals surface area contributed by atoms with Crippen molar-refractivity contribution in [3.63, 3.8) is 0 Å². The predicted molar refractivity (Wildman–Crippen MR) is 52.9 cm³/mol. The van der Waals surface area contributed by atoms with E-state index in [9.17, 15) is 18.0 Å². The van der Waals surface area contributed by atoms with Crippen molar-refractivity contribution >= 4 is 6.03 Å². The first kappa shape index (κ1) is 15.0. The van der Waals surface area contributed by atoms with Crippen molar-refractivity contribution < 1.29 is 22.7 Å². The van der Waals surface area contributed by atoms with Gasteiger partial charge in [0, 0.05) is 19.8 Å². The van der Waals surface area contributed by atoms with Gasteiger partial charge in [0.05, 0.1) is 0 Å². The molecule has 0 aliphatic carbocycles. The minimum absolute atomic E-state index is 0.161. The monoisotopic (exact) mass is 242 g/mol. The molecule has 0 rings (SSSR count). The SMILES string of the molecule is CCCCOCCCNC(=O)NC(F)(F)F. The number of hydrogen-bond acceptors (Lipinski definition) is 2. The molecular weight excluding hydrogens is 225 g/mol. The highest BCUT2D eigenvalue weighted by Crippen LogP contribution is 2.08. The normalized spacial score (nSPS) is 11.2. The van der Waals surface area contributed by atoms with E-state index < -0.39 is 12.3 Å². The maximum Gasteiger partial charge on any atom is 0.485 e. The number of amides is 2. The second-order valence-corrected chi connectivity index (χ2v) is 3.20. The van der Waals surface area contributed by atoms with Gasteiger partial charge in [-0.3, -0.25) is 0 Å². The fraction of sp³-hybridized carbons (Fsp3) is 0.889. The highest BCUT2D eigenvalue weighted by Gasteiger charge is 2.29. The lowest BCUT2D eigenvalue weighted by molar-refractivity contribution is -0.145. The first-order valence-corrected chi connectivity index (χ1v) is 5.16. The summed E-state index contributed by atoms with van der Waals surface area (Å²) >= 11 is 0. The topological polar surface area (TPSA) is 50.4 Å². The van der Waals surface area contributed by atoms with E-state index in [0.717, 1.165) is 18.2 Å². The molecule has 0 aliphatic rings. The zero-order valence-electron chi connectivity index (χ0n) is 9.19. The standard InChI is InChI=1S/C9H17F3N2O2/c1-2-3-6-16-7-4-5-13-8(15)14-9(10,11)12/h2-7H2,1H3,(H2,13,14,15). The molecule has 0 bridgehead atoms. The second kappa shape index (κ2) is 8.20. The summed E-state index contributed by atoms with van der Waals surface area (Å²) in [6, 6.07) is -1.24. The van der Waals surface area contributed by atoms with Crippen LogP contribution >= 0.6 is 0 Å². The molecule has 0 saturated heterocycles. The predicted octanol–water partition coefficient (Wildman–Crippen LogP) is 2.01. The number of ether oxygens (including phenoxy) is 1. The van der Waals surface area contributed by atoms with Gasteiger partial charge in [-0.25, -0.2) is 10.1 Å². The number of hydrogen-bond donors (Lipinski definition) is 2. The molecule has 0 spiro atoms. The molecule has 96 valence electrons. The Morgan fingerprint density at radius 2 is 1.88 bits per heavy atom. The third kappa shape index (κ3) is 11.1. The molecule has 0 unspecified atom stereocenters. The van der Waals surface area contributed by atoms with Gasteiger partial charge in [-0.2, -0.15) is 13.2 Å². The first-order chi connectivity index (χ1) is 7.45. The fourth-order valence-corrected chi connectivity index (χ4v) is 0.898. The summed E-state index contributed by atoms with van der Waals surface area (Å²) in [5.41, 5.74) is 0. The van der Waals surface area contributed by atoms with Crippen LogP contribution in [-0.2, 0) is 4.74 Å². The fourth-order valence-electron chi connectivity index (χ4n) is 0.898. The van der Waals surface area contributed by atoms with Crippen LogP contribution in [0.15, 0.2) is 0 Å². The smallest absolute Gasteiger partial charge is 0.381 e. The summed E-state index contributed by atoms with van der Waals surface area (Å²) in [5, 5.41) is 2.92. The van der Waals surface area contributed by atoms with E-state index in [0.29, 0.717) is 19.6 Å². The minimum Gasteiger partial charge on any atom is -0.381 e. The molecule has 0 aliphatic heterocycles. The molecular formula is C9H17F3N2O2. The van der Waals surface area contributed by atoms with Crippen molar-refractivity contribution in [2.75, 3.05) is 19.8 Å². The maximum absolute atomic E-state index is 11.6. The Balaban J connectivity index is 3.28. The average molecular weight is 242 g/mol. The molecule has 2 N–H and O–H groups in total. The zero-order valence-corrected chi connectivity index (χ0v) is 9.19.